The van der Waals surface area contributed by atoms with Crippen molar-refractivity contribution in [2.75, 3.05) is 17.3 Å². The summed E-state index contributed by atoms with van der Waals surface area (Å²) < 4.78 is 0. The number of imidazole rings is 1. The fourth-order valence-electron chi connectivity index (χ4n) is 0.919. The van der Waals surface area contributed by atoms with Crippen molar-refractivity contribution >= 4 is 23.6 Å². The maximum absolute atomic E-state index is 11.4. The van der Waals surface area contributed by atoms with E-state index in [1.54, 1.807) is 24.2 Å². The van der Waals surface area contributed by atoms with Crippen molar-refractivity contribution in [2.24, 2.45) is 5.73 Å². The van der Waals surface area contributed by atoms with Crippen molar-refractivity contribution < 1.29 is 4.79 Å². The molecule has 0 aliphatic rings. The summed E-state index contributed by atoms with van der Waals surface area (Å²) in [5.74, 6) is 1.12. The number of nitrogens with one attached hydrogen (secondary N) is 2. The van der Waals surface area contributed by atoms with Gasteiger partial charge in [-0.2, -0.15) is 11.8 Å². The summed E-state index contributed by atoms with van der Waals surface area (Å²) in [4.78, 5) is 18.1. The summed E-state index contributed by atoms with van der Waals surface area (Å²) in [7, 11) is 0. The van der Waals surface area contributed by atoms with Gasteiger partial charge in [0.1, 0.15) is 0 Å². The van der Waals surface area contributed by atoms with Gasteiger partial charge in [-0.05, 0) is 18.4 Å². The third kappa shape index (κ3) is 3.39. The van der Waals surface area contributed by atoms with Crippen LogP contribution in [0.2, 0.25) is 0 Å². The Labute approximate surface area is 86.9 Å². The van der Waals surface area contributed by atoms with Gasteiger partial charge in [0.05, 0.1) is 6.04 Å². The Morgan fingerprint density at radius 2 is 2.64 bits per heavy atom. The minimum absolute atomic E-state index is 0.200. The molecule has 14 heavy (non-hydrogen) atoms. The van der Waals surface area contributed by atoms with Crippen molar-refractivity contribution in [3.63, 3.8) is 0 Å². The lowest BCUT2D eigenvalue weighted by Gasteiger charge is -2.09. The molecule has 1 heterocycles. The van der Waals surface area contributed by atoms with Crippen LogP contribution in [0.4, 0.5) is 5.95 Å². The molecule has 1 aromatic rings. The molecule has 0 aliphatic heterocycles. The van der Waals surface area contributed by atoms with Crippen LogP contribution < -0.4 is 11.1 Å². The number of nitrogens with zero attached hydrogens (tertiary/aromatic N) is 1. The molecule has 0 saturated carbocycles. The summed E-state index contributed by atoms with van der Waals surface area (Å²) in [5.41, 5.74) is 5.65. The third-order valence-electron chi connectivity index (χ3n) is 1.71. The molecule has 6 heteroatoms. The van der Waals surface area contributed by atoms with Crippen LogP contribution in [-0.2, 0) is 4.79 Å². The smallest absolute Gasteiger partial charge is 0.243 e. The number of hydrogen-bond donors (Lipinski definition) is 3. The number of rotatable bonds is 5. The van der Waals surface area contributed by atoms with E-state index in [-0.39, 0.29) is 5.91 Å². The lowest BCUT2D eigenvalue weighted by molar-refractivity contribution is -0.117. The number of anilines is 1. The fraction of sp³-hybridized carbons (Fsp3) is 0.500. The van der Waals surface area contributed by atoms with Gasteiger partial charge in [-0.1, -0.05) is 0 Å². The Kier molecular flexibility index (Phi) is 4.48. The lowest BCUT2D eigenvalue weighted by atomic mass is 10.2. The second-order valence-corrected chi connectivity index (χ2v) is 3.80. The Morgan fingerprint density at radius 3 is 3.21 bits per heavy atom. The first-order valence-corrected chi connectivity index (χ1v) is 5.68. The maximum atomic E-state index is 11.4. The quantitative estimate of drug-likeness (QED) is 0.663. The average Bonchev–Trinajstić information content (AvgIpc) is 2.66. The number of amides is 1. The van der Waals surface area contributed by atoms with E-state index in [0.29, 0.717) is 12.4 Å². The van der Waals surface area contributed by atoms with Crippen LogP contribution in [0.5, 0.6) is 0 Å². The normalized spacial score (nSPS) is 12.4. The van der Waals surface area contributed by atoms with E-state index in [2.05, 4.69) is 15.3 Å². The van der Waals surface area contributed by atoms with Crippen molar-refractivity contribution in [3.05, 3.63) is 12.4 Å². The number of aromatic nitrogens is 2. The van der Waals surface area contributed by atoms with Gasteiger partial charge in [-0.3, -0.25) is 10.1 Å². The van der Waals surface area contributed by atoms with Gasteiger partial charge >= 0.3 is 0 Å². The molecule has 0 bridgehead atoms. The lowest BCUT2D eigenvalue weighted by Crippen LogP contribution is -2.36. The Balaban J connectivity index is 2.34. The molecule has 0 radical (unpaired) electrons. The molecule has 0 aromatic carbocycles. The summed E-state index contributed by atoms with van der Waals surface area (Å²) in [5, 5.41) is 2.59. The van der Waals surface area contributed by atoms with Gasteiger partial charge in [-0.25, -0.2) is 4.98 Å². The maximum Gasteiger partial charge on any atom is 0.243 e. The Hall–Kier alpha value is -1.01. The predicted octanol–water partition coefficient (Wildman–Crippen LogP) is 0.429. The van der Waals surface area contributed by atoms with Crippen LogP contribution >= 0.6 is 11.8 Å². The van der Waals surface area contributed by atoms with E-state index >= 15 is 0 Å². The Morgan fingerprint density at radius 1 is 1.86 bits per heavy atom. The zero-order chi connectivity index (χ0) is 10.4. The zero-order valence-electron chi connectivity index (χ0n) is 7.99. The number of nitrogens with two attached hydrogens (primary N) is 1. The molecule has 0 aliphatic carbocycles. The highest BCUT2D eigenvalue weighted by atomic mass is 32.2. The first kappa shape index (κ1) is 11.1. The van der Waals surface area contributed by atoms with E-state index in [1.807, 2.05) is 6.26 Å². The SMILES string of the molecule is CSCC[C@H](N)C(=O)Nc1ncc[nH]1. The minimum atomic E-state index is -0.465. The Bertz CT molecular complexity index is 275. The number of carbonyl (C=O) groups is 1. The molecule has 1 aromatic heterocycles. The number of carbonyl (C=O) groups excluding carboxylic acids is 1. The molecule has 5 nitrogen and oxygen atoms in total. The zero-order valence-corrected chi connectivity index (χ0v) is 8.80. The predicted molar refractivity (Wildman–Crippen MR) is 58.2 cm³/mol. The summed E-state index contributed by atoms with van der Waals surface area (Å²) in [6.07, 6.45) is 5.87. The summed E-state index contributed by atoms with van der Waals surface area (Å²) >= 11 is 1.67. The highest BCUT2D eigenvalue weighted by molar-refractivity contribution is 7.98. The molecule has 4 N–H and O–H groups in total. The average molecular weight is 214 g/mol. The highest BCUT2D eigenvalue weighted by Gasteiger charge is 2.13. The molecule has 0 saturated heterocycles. The molecule has 0 fully saturated rings. The van der Waals surface area contributed by atoms with Crippen LogP contribution in [-0.4, -0.2) is 33.9 Å². The number of H-pyrrole nitrogens is 1. The fourth-order valence-corrected chi connectivity index (χ4v) is 1.41. The molecule has 1 rings (SSSR count). The van der Waals surface area contributed by atoms with Crippen molar-refractivity contribution in [1.29, 1.82) is 0 Å². The molecular formula is C8H14N4OS. The minimum Gasteiger partial charge on any atom is -0.331 e. The van der Waals surface area contributed by atoms with E-state index < -0.39 is 6.04 Å². The largest absolute Gasteiger partial charge is 0.331 e. The van der Waals surface area contributed by atoms with Crippen molar-refractivity contribution in [1.82, 2.24) is 9.97 Å². The van der Waals surface area contributed by atoms with Gasteiger partial charge in [0, 0.05) is 12.4 Å². The first-order valence-electron chi connectivity index (χ1n) is 4.29. The number of hydrogen-bond acceptors (Lipinski definition) is 4. The van der Waals surface area contributed by atoms with E-state index in [0.717, 1.165) is 5.75 Å². The molecule has 0 unspecified atom stereocenters. The summed E-state index contributed by atoms with van der Waals surface area (Å²) in [6.45, 7) is 0. The number of thioether (sulfide) groups is 1. The topological polar surface area (TPSA) is 83.8 Å². The van der Waals surface area contributed by atoms with E-state index in [1.165, 1.54) is 0 Å². The van der Waals surface area contributed by atoms with Crippen LogP contribution in [0.15, 0.2) is 12.4 Å². The molecule has 78 valence electrons. The van der Waals surface area contributed by atoms with Crippen LogP contribution in [0.25, 0.3) is 0 Å². The molecule has 0 spiro atoms. The summed E-state index contributed by atoms with van der Waals surface area (Å²) in [6, 6.07) is -0.465. The van der Waals surface area contributed by atoms with Gasteiger partial charge in [-0.15, -0.1) is 0 Å². The van der Waals surface area contributed by atoms with Gasteiger partial charge in [0.25, 0.3) is 0 Å². The van der Waals surface area contributed by atoms with Gasteiger partial charge in [0.2, 0.25) is 11.9 Å². The monoisotopic (exact) mass is 214 g/mol. The van der Waals surface area contributed by atoms with Gasteiger partial charge in [0.15, 0.2) is 0 Å². The second-order valence-electron chi connectivity index (χ2n) is 2.81. The molecule has 1 atom stereocenters. The van der Waals surface area contributed by atoms with Crippen LogP contribution in [0.3, 0.4) is 0 Å². The number of aromatic amines is 1. The van der Waals surface area contributed by atoms with Crippen LogP contribution in [0, 0.1) is 0 Å². The van der Waals surface area contributed by atoms with Gasteiger partial charge < -0.3 is 10.7 Å². The van der Waals surface area contributed by atoms with E-state index in [4.69, 9.17) is 5.73 Å². The van der Waals surface area contributed by atoms with Crippen molar-refractivity contribution in [2.45, 2.75) is 12.5 Å². The molecular weight excluding hydrogens is 200 g/mol. The van der Waals surface area contributed by atoms with E-state index in [9.17, 15) is 4.79 Å². The third-order valence-corrected chi connectivity index (χ3v) is 2.35. The second kappa shape index (κ2) is 5.66. The molecule has 1 amide bonds. The van der Waals surface area contributed by atoms with Crippen molar-refractivity contribution in [3.8, 4) is 0 Å². The van der Waals surface area contributed by atoms with Crippen LogP contribution in [0.1, 0.15) is 6.42 Å². The first-order chi connectivity index (χ1) is 6.74. The highest BCUT2D eigenvalue weighted by Crippen LogP contribution is 2.01. The standard InChI is InChI=1S/C8H14N4OS/c1-14-5-2-6(9)7(13)12-8-10-3-4-11-8/h3-4,6H,2,5,9H2,1H3,(H2,10,11,12,13)/t6-/m0/s1.